The summed E-state index contributed by atoms with van der Waals surface area (Å²) in [5.41, 5.74) is 7.13. The van der Waals surface area contributed by atoms with Gasteiger partial charge in [-0.15, -0.1) is 9.78 Å². The van der Waals surface area contributed by atoms with Crippen LogP contribution >= 0.6 is 0 Å². The highest BCUT2D eigenvalue weighted by molar-refractivity contribution is 5.98. The molecule has 0 aliphatic carbocycles. The number of aliphatic hydroxyl groups is 1. The molecular formula is C26H26N8O5. The average Bonchev–Trinajstić information content (AvgIpc) is 3.31. The Morgan fingerprint density at radius 1 is 1.28 bits per heavy atom. The van der Waals surface area contributed by atoms with Gasteiger partial charge in [0.05, 0.1) is 12.2 Å². The van der Waals surface area contributed by atoms with Gasteiger partial charge in [-0.1, -0.05) is 12.7 Å². The number of carbonyl (C=O) groups excluding carboxylic acids is 1. The van der Waals surface area contributed by atoms with E-state index in [4.69, 9.17) is 20.6 Å². The molecule has 2 heterocycles. The summed E-state index contributed by atoms with van der Waals surface area (Å²) >= 11 is 0. The Balaban J connectivity index is 1.84. The summed E-state index contributed by atoms with van der Waals surface area (Å²) in [6, 6.07) is 10.8. The summed E-state index contributed by atoms with van der Waals surface area (Å²) in [6.07, 6.45) is 4.61. The number of anilines is 1. The number of hydrogen-bond acceptors (Lipinski definition) is 10. The van der Waals surface area contributed by atoms with Gasteiger partial charge < -0.3 is 25.6 Å². The number of rotatable bonds is 11. The highest BCUT2D eigenvalue weighted by Crippen LogP contribution is 2.31. The first kappa shape index (κ1) is 26.8. The summed E-state index contributed by atoms with van der Waals surface area (Å²) in [7, 11) is 0. The molecule has 4 rings (SSSR count). The first-order valence-electron chi connectivity index (χ1n) is 11.7. The van der Waals surface area contributed by atoms with Gasteiger partial charge in [-0.3, -0.25) is 15.2 Å². The van der Waals surface area contributed by atoms with Gasteiger partial charge >= 0.3 is 11.7 Å². The molecule has 4 aromatic rings. The predicted octanol–water partition coefficient (Wildman–Crippen LogP) is 1.78. The van der Waals surface area contributed by atoms with Crippen molar-refractivity contribution in [3.8, 4) is 17.4 Å². The van der Waals surface area contributed by atoms with Gasteiger partial charge in [0.15, 0.2) is 5.82 Å². The minimum absolute atomic E-state index is 0.0766. The molecule has 6 N–H and O–H groups in total. The zero-order valence-corrected chi connectivity index (χ0v) is 20.9. The zero-order valence-electron chi connectivity index (χ0n) is 20.9. The summed E-state index contributed by atoms with van der Waals surface area (Å²) in [5, 5.41) is 24.7. The summed E-state index contributed by atoms with van der Waals surface area (Å²) in [5.74, 6) is -0.0117. The van der Waals surface area contributed by atoms with Crippen LogP contribution in [0.25, 0.3) is 12.0 Å². The number of aromatic nitrogens is 5. The molecule has 0 bridgehead atoms. The molecule has 0 fully saturated rings. The smallest absolute Gasteiger partial charge is 0.350 e. The number of carbonyl (C=O) groups is 1. The van der Waals surface area contributed by atoms with Crippen molar-refractivity contribution in [2.24, 2.45) is 5.73 Å². The Morgan fingerprint density at radius 3 is 2.72 bits per heavy atom. The van der Waals surface area contributed by atoms with Gasteiger partial charge in [-0.25, -0.2) is 14.8 Å². The third-order valence-corrected chi connectivity index (χ3v) is 5.37. The van der Waals surface area contributed by atoms with E-state index >= 15 is 0 Å². The van der Waals surface area contributed by atoms with Crippen molar-refractivity contribution < 1.29 is 19.4 Å². The van der Waals surface area contributed by atoms with E-state index in [0.29, 0.717) is 22.6 Å². The molecule has 0 saturated heterocycles. The quantitative estimate of drug-likeness (QED) is 0.0825. The van der Waals surface area contributed by atoms with Crippen molar-refractivity contribution in [1.82, 2.24) is 24.7 Å². The highest BCUT2D eigenvalue weighted by Gasteiger charge is 2.23. The minimum atomic E-state index is -0.771. The number of nitrogens with two attached hydrogens (primary N) is 1. The van der Waals surface area contributed by atoms with Crippen LogP contribution in [0.5, 0.6) is 11.5 Å². The first-order valence-corrected chi connectivity index (χ1v) is 11.7. The average molecular weight is 531 g/mol. The van der Waals surface area contributed by atoms with Crippen LogP contribution in [0.2, 0.25) is 0 Å². The number of hydrogen-bond donors (Lipinski definition) is 5. The molecule has 0 saturated carbocycles. The lowest BCUT2D eigenvalue weighted by Gasteiger charge is -2.21. The van der Waals surface area contributed by atoms with E-state index in [9.17, 15) is 14.7 Å². The van der Waals surface area contributed by atoms with Crippen LogP contribution in [0.15, 0.2) is 66.2 Å². The van der Waals surface area contributed by atoms with E-state index in [1.807, 2.05) is 6.07 Å². The topological polar surface area (TPSA) is 194 Å². The van der Waals surface area contributed by atoms with Crippen LogP contribution in [0.1, 0.15) is 35.5 Å². The molecule has 200 valence electrons. The van der Waals surface area contributed by atoms with Crippen LogP contribution in [-0.2, 0) is 4.79 Å². The predicted molar refractivity (Wildman–Crippen MR) is 143 cm³/mol. The molecule has 1 atom stereocenters. The van der Waals surface area contributed by atoms with E-state index in [1.54, 1.807) is 30.3 Å². The SMILES string of the molecule is C=Cc1cc(OCCO)cc(C(Nc2ccc(C(=N)N)c(OC(C)=O)c2)c2nn(-c3ncccn3)c(=O)[nH]2)c1. The highest BCUT2D eigenvalue weighted by atomic mass is 16.5. The van der Waals surface area contributed by atoms with Gasteiger partial charge in [0.2, 0.25) is 0 Å². The number of H-pyrrole nitrogens is 1. The second kappa shape index (κ2) is 11.8. The number of amidine groups is 1. The fourth-order valence-corrected chi connectivity index (χ4v) is 3.73. The number of aromatic amines is 1. The molecule has 2 aromatic carbocycles. The van der Waals surface area contributed by atoms with Crippen molar-refractivity contribution in [2.45, 2.75) is 13.0 Å². The van der Waals surface area contributed by atoms with Gasteiger partial charge in [-0.2, -0.15) is 0 Å². The van der Waals surface area contributed by atoms with Crippen LogP contribution in [0, 0.1) is 5.41 Å². The molecule has 0 spiro atoms. The summed E-state index contributed by atoms with van der Waals surface area (Å²) in [4.78, 5) is 35.4. The number of nitrogens with one attached hydrogen (secondary N) is 3. The number of nitrogen functional groups attached to an aromatic ring is 1. The lowest BCUT2D eigenvalue weighted by molar-refractivity contribution is -0.131. The number of benzene rings is 2. The molecule has 13 heteroatoms. The van der Waals surface area contributed by atoms with E-state index in [1.165, 1.54) is 31.5 Å². The number of esters is 1. The van der Waals surface area contributed by atoms with Gasteiger partial charge in [0, 0.05) is 31.1 Å². The van der Waals surface area contributed by atoms with Crippen LogP contribution in [0.4, 0.5) is 5.69 Å². The molecular weight excluding hydrogens is 504 g/mol. The largest absolute Gasteiger partial charge is 0.491 e. The molecule has 0 radical (unpaired) electrons. The molecule has 0 aliphatic heterocycles. The van der Waals surface area contributed by atoms with E-state index in [-0.39, 0.29) is 42.1 Å². The summed E-state index contributed by atoms with van der Waals surface area (Å²) in [6.45, 7) is 4.98. The Hall–Kier alpha value is -5.30. The van der Waals surface area contributed by atoms with Gasteiger partial charge in [-0.05, 0) is 47.5 Å². The summed E-state index contributed by atoms with van der Waals surface area (Å²) < 4.78 is 11.9. The monoisotopic (exact) mass is 530 g/mol. The lowest BCUT2D eigenvalue weighted by Crippen LogP contribution is -2.18. The lowest BCUT2D eigenvalue weighted by atomic mass is 10.0. The van der Waals surface area contributed by atoms with Crippen LogP contribution in [-0.4, -0.2) is 54.9 Å². The molecule has 39 heavy (non-hydrogen) atoms. The second-order valence-electron chi connectivity index (χ2n) is 8.18. The van der Waals surface area contributed by atoms with E-state index < -0.39 is 17.7 Å². The van der Waals surface area contributed by atoms with Crippen molar-refractivity contribution >= 4 is 23.6 Å². The van der Waals surface area contributed by atoms with Gasteiger partial charge in [0.1, 0.15) is 30.0 Å². The Labute approximate surface area is 222 Å². The maximum absolute atomic E-state index is 12.8. The van der Waals surface area contributed by atoms with Crippen LogP contribution in [0.3, 0.4) is 0 Å². The first-order chi connectivity index (χ1) is 18.8. The maximum atomic E-state index is 12.8. The second-order valence-corrected chi connectivity index (χ2v) is 8.18. The fraction of sp³-hybridized carbons (Fsp3) is 0.154. The Kier molecular flexibility index (Phi) is 8.12. The number of aliphatic hydroxyl groups excluding tert-OH is 1. The minimum Gasteiger partial charge on any atom is -0.491 e. The van der Waals surface area contributed by atoms with Crippen molar-refractivity contribution in [3.63, 3.8) is 0 Å². The third-order valence-electron chi connectivity index (χ3n) is 5.37. The maximum Gasteiger partial charge on any atom is 0.350 e. The van der Waals surface area contributed by atoms with E-state index in [2.05, 4.69) is 31.9 Å². The molecule has 1 unspecified atom stereocenters. The third kappa shape index (κ3) is 6.34. The Morgan fingerprint density at radius 2 is 2.05 bits per heavy atom. The zero-order chi connectivity index (χ0) is 27.9. The normalized spacial score (nSPS) is 11.4. The number of nitrogens with zero attached hydrogens (tertiary/aromatic N) is 4. The van der Waals surface area contributed by atoms with E-state index in [0.717, 1.165) is 4.68 Å². The standard InChI is InChI=1S/C26H26N8O5/c1-3-16-11-17(13-19(12-16)38-10-9-35)22(24-32-26(37)34(33-24)25-29-7-4-8-30-25)31-18-5-6-20(23(27)28)21(14-18)39-15(2)36/h3-8,11-14,22,31,35H,1,9-10H2,2H3,(H3,27,28)(H,32,33,37). The van der Waals surface area contributed by atoms with Crippen molar-refractivity contribution in [2.75, 3.05) is 18.5 Å². The fourth-order valence-electron chi connectivity index (χ4n) is 3.73. The molecule has 2 aromatic heterocycles. The van der Waals surface area contributed by atoms with Crippen molar-refractivity contribution in [3.05, 3.63) is 94.4 Å². The molecule has 13 nitrogen and oxygen atoms in total. The van der Waals surface area contributed by atoms with Crippen LogP contribution < -0.4 is 26.2 Å². The van der Waals surface area contributed by atoms with Gasteiger partial charge in [0.25, 0.3) is 5.95 Å². The molecule has 0 amide bonds. The number of ether oxygens (including phenoxy) is 2. The van der Waals surface area contributed by atoms with Crippen molar-refractivity contribution in [1.29, 1.82) is 5.41 Å². The molecule has 0 aliphatic rings. The Bertz CT molecular complexity index is 1560.